The number of hydrogen-bond donors (Lipinski definition) is 2. The molecule has 0 unspecified atom stereocenters. The zero-order valence-corrected chi connectivity index (χ0v) is 14.2. The number of carbonyl (C=O) groups is 1. The first kappa shape index (κ1) is 16.8. The number of nitrogens with zero attached hydrogens (tertiary/aromatic N) is 1. The Morgan fingerprint density at radius 1 is 0.960 bits per heavy atom. The van der Waals surface area contributed by atoms with Crippen LogP contribution >= 0.6 is 11.6 Å². The van der Waals surface area contributed by atoms with E-state index in [0.29, 0.717) is 11.3 Å². The highest BCUT2D eigenvalue weighted by molar-refractivity contribution is 6.29. The van der Waals surface area contributed by atoms with Crippen LogP contribution in [-0.2, 0) is 0 Å². The second-order valence-electron chi connectivity index (χ2n) is 5.25. The molecular formula is C19H16ClN3O2. The molecule has 1 aromatic heterocycles. The van der Waals surface area contributed by atoms with E-state index in [1.807, 2.05) is 48.5 Å². The topological polar surface area (TPSA) is 63.2 Å². The molecule has 0 fully saturated rings. The highest BCUT2D eigenvalue weighted by Crippen LogP contribution is 2.21. The van der Waals surface area contributed by atoms with Gasteiger partial charge in [0.15, 0.2) is 0 Å². The first-order valence-corrected chi connectivity index (χ1v) is 7.96. The fraction of sp³-hybridized carbons (Fsp3) is 0.0526. The first-order chi connectivity index (χ1) is 12.1. The summed E-state index contributed by atoms with van der Waals surface area (Å²) in [5.74, 6) is 0.569. The molecule has 0 radical (unpaired) electrons. The summed E-state index contributed by atoms with van der Waals surface area (Å²) >= 11 is 5.80. The Morgan fingerprint density at radius 3 is 2.16 bits per heavy atom. The maximum Gasteiger partial charge on any atom is 0.255 e. The molecule has 126 valence electrons. The van der Waals surface area contributed by atoms with E-state index in [-0.39, 0.29) is 11.1 Å². The third kappa shape index (κ3) is 4.49. The van der Waals surface area contributed by atoms with Crippen molar-refractivity contribution in [3.05, 3.63) is 77.6 Å². The Balaban J connectivity index is 1.64. The van der Waals surface area contributed by atoms with Gasteiger partial charge in [0.25, 0.3) is 5.91 Å². The van der Waals surface area contributed by atoms with E-state index in [1.165, 1.54) is 12.3 Å². The number of pyridine rings is 1. The monoisotopic (exact) mass is 353 g/mol. The van der Waals surface area contributed by atoms with Gasteiger partial charge in [-0.15, -0.1) is 0 Å². The molecule has 6 heteroatoms. The standard InChI is InChI=1S/C19H16ClN3O2/c1-25-17-8-6-15(7-9-17)22-14-2-4-16(5-3-14)23-19(24)13-10-11-21-18(20)12-13/h2-12,22H,1H3,(H,23,24). The van der Waals surface area contributed by atoms with Gasteiger partial charge < -0.3 is 15.4 Å². The summed E-state index contributed by atoms with van der Waals surface area (Å²) in [6.07, 6.45) is 1.50. The number of halogens is 1. The Morgan fingerprint density at radius 2 is 1.56 bits per heavy atom. The molecule has 0 spiro atoms. The van der Waals surface area contributed by atoms with Crippen LogP contribution in [0.25, 0.3) is 0 Å². The lowest BCUT2D eigenvalue weighted by atomic mass is 10.2. The van der Waals surface area contributed by atoms with Gasteiger partial charge in [0.05, 0.1) is 7.11 Å². The Labute approximate surface area is 150 Å². The highest BCUT2D eigenvalue weighted by atomic mass is 35.5. The minimum Gasteiger partial charge on any atom is -0.497 e. The van der Waals surface area contributed by atoms with Crippen LogP contribution in [-0.4, -0.2) is 18.0 Å². The van der Waals surface area contributed by atoms with Gasteiger partial charge in [-0.1, -0.05) is 11.6 Å². The van der Waals surface area contributed by atoms with Crippen molar-refractivity contribution in [1.82, 2.24) is 4.98 Å². The molecule has 0 aliphatic rings. The molecule has 0 saturated heterocycles. The van der Waals surface area contributed by atoms with Crippen molar-refractivity contribution in [2.45, 2.75) is 0 Å². The lowest BCUT2D eigenvalue weighted by Gasteiger charge is -2.09. The third-order valence-corrected chi connectivity index (χ3v) is 3.72. The summed E-state index contributed by atoms with van der Waals surface area (Å²) in [5.41, 5.74) is 3.01. The third-order valence-electron chi connectivity index (χ3n) is 3.51. The lowest BCUT2D eigenvalue weighted by molar-refractivity contribution is 0.102. The molecule has 2 N–H and O–H groups in total. The van der Waals surface area contributed by atoms with Crippen molar-refractivity contribution < 1.29 is 9.53 Å². The van der Waals surface area contributed by atoms with E-state index in [0.717, 1.165) is 17.1 Å². The summed E-state index contributed by atoms with van der Waals surface area (Å²) in [6.45, 7) is 0. The van der Waals surface area contributed by atoms with Crippen LogP contribution in [0.3, 0.4) is 0 Å². The molecule has 0 bridgehead atoms. The van der Waals surface area contributed by atoms with Crippen LogP contribution in [0.2, 0.25) is 5.15 Å². The average Bonchev–Trinajstić information content (AvgIpc) is 2.64. The summed E-state index contributed by atoms with van der Waals surface area (Å²) in [5, 5.41) is 6.39. The van der Waals surface area contributed by atoms with E-state index in [1.54, 1.807) is 13.2 Å². The SMILES string of the molecule is COc1ccc(Nc2ccc(NC(=O)c3ccnc(Cl)c3)cc2)cc1. The predicted molar refractivity (Wildman–Crippen MR) is 99.9 cm³/mol. The van der Waals surface area contributed by atoms with Crippen LogP contribution in [0, 0.1) is 0 Å². The van der Waals surface area contributed by atoms with Crippen molar-refractivity contribution in [2.75, 3.05) is 17.7 Å². The molecule has 3 rings (SSSR count). The molecule has 0 aliphatic carbocycles. The van der Waals surface area contributed by atoms with E-state index >= 15 is 0 Å². The molecule has 1 amide bonds. The molecule has 0 aliphatic heterocycles. The molecule has 0 saturated carbocycles. The number of benzene rings is 2. The number of hydrogen-bond acceptors (Lipinski definition) is 4. The van der Waals surface area contributed by atoms with Gasteiger partial charge in [0, 0.05) is 28.8 Å². The maximum atomic E-state index is 12.2. The summed E-state index contributed by atoms with van der Waals surface area (Å²) in [4.78, 5) is 16.0. The Hall–Kier alpha value is -3.05. The van der Waals surface area contributed by atoms with Crippen LogP contribution in [0.5, 0.6) is 5.75 Å². The fourth-order valence-corrected chi connectivity index (χ4v) is 2.40. The van der Waals surface area contributed by atoms with Crippen molar-refractivity contribution >= 4 is 34.6 Å². The van der Waals surface area contributed by atoms with Crippen molar-refractivity contribution in [3.63, 3.8) is 0 Å². The number of amides is 1. The highest BCUT2D eigenvalue weighted by Gasteiger charge is 2.07. The number of ether oxygens (including phenoxy) is 1. The molecule has 25 heavy (non-hydrogen) atoms. The smallest absolute Gasteiger partial charge is 0.255 e. The first-order valence-electron chi connectivity index (χ1n) is 7.58. The second-order valence-corrected chi connectivity index (χ2v) is 5.64. The zero-order valence-electron chi connectivity index (χ0n) is 13.5. The Bertz CT molecular complexity index is 865. The predicted octanol–water partition coefficient (Wildman–Crippen LogP) is 4.74. The number of methoxy groups -OCH3 is 1. The van der Waals surface area contributed by atoms with Gasteiger partial charge in [-0.25, -0.2) is 4.98 Å². The van der Waals surface area contributed by atoms with Gasteiger partial charge in [-0.05, 0) is 60.7 Å². The number of rotatable bonds is 5. The number of aromatic nitrogens is 1. The normalized spacial score (nSPS) is 10.2. The van der Waals surface area contributed by atoms with E-state index < -0.39 is 0 Å². The van der Waals surface area contributed by atoms with Crippen LogP contribution < -0.4 is 15.4 Å². The van der Waals surface area contributed by atoms with Crippen molar-refractivity contribution in [1.29, 1.82) is 0 Å². The number of nitrogens with one attached hydrogen (secondary N) is 2. The minimum atomic E-state index is -0.236. The van der Waals surface area contributed by atoms with Gasteiger partial charge in [-0.2, -0.15) is 0 Å². The van der Waals surface area contributed by atoms with Crippen LogP contribution in [0.4, 0.5) is 17.1 Å². The Kier molecular flexibility index (Phi) is 5.16. The fourth-order valence-electron chi connectivity index (χ4n) is 2.22. The van der Waals surface area contributed by atoms with E-state index in [9.17, 15) is 4.79 Å². The summed E-state index contributed by atoms with van der Waals surface area (Å²) in [6, 6.07) is 18.2. The number of anilines is 3. The quantitative estimate of drug-likeness (QED) is 0.650. The molecule has 3 aromatic rings. The molecule has 2 aromatic carbocycles. The van der Waals surface area contributed by atoms with Gasteiger partial charge in [-0.3, -0.25) is 4.79 Å². The largest absolute Gasteiger partial charge is 0.497 e. The van der Waals surface area contributed by atoms with Crippen molar-refractivity contribution in [2.24, 2.45) is 0 Å². The maximum absolute atomic E-state index is 12.2. The molecular weight excluding hydrogens is 338 g/mol. The molecule has 0 atom stereocenters. The van der Waals surface area contributed by atoms with Crippen LogP contribution in [0.1, 0.15) is 10.4 Å². The molecule has 1 heterocycles. The minimum absolute atomic E-state index is 0.236. The van der Waals surface area contributed by atoms with Gasteiger partial charge in [0.1, 0.15) is 10.9 Å². The zero-order chi connectivity index (χ0) is 17.6. The van der Waals surface area contributed by atoms with E-state index in [2.05, 4.69) is 15.6 Å². The summed E-state index contributed by atoms with van der Waals surface area (Å²) in [7, 11) is 1.63. The average molecular weight is 354 g/mol. The lowest BCUT2D eigenvalue weighted by Crippen LogP contribution is -2.11. The summed E-state index contributed by atoms with van der Waals surface area (Å²) < 4.78 is 5.14. The van der Waals surface area contributed by atoms with E-state index in [4.69, 9.17) is 16.3 Å². The van der Waals surface area contributed by atoms with Crippen molar-refractivity contribution in [3.8, 4) is 5.75 Å². The van der Waals surface area contributed by atoms with Gasteiger partial charge >= 0.3 is 0 Å². The van der Waals surface area contributed by atoms with Gasteiger partial charge in [0.2, 0.25) is 0 Å². The van der Waals surface area contributed by atoms with Crippen LogP contribution in [0.15, 0.2) is 66.9 Å². The molecule has 5 nitrogen and oxygen atoms in total. The second kappa shape index (κ2) is 7.68. The number of carbonyl (C=O) groups excluding carboxylic acids is 1.